The molecular formula is C28H34O4S. The van der Waals surface area contributed by atoms with Gasteiger partial charge in [0.05, 0.1) is 4.90 Å². The van der Waals surface area contributed by atoms with E-state index in [-0.39, 0.29) is 16.2 Å². The lowest BCUT2D eigenvalue weighted by Gasteiger charge is -2.53. The molecule has 33 heavy (non-hydrogen) atoms. The van der Waals surface area contributed by atoms with Crippen LogP contribution in [0.2, 0.25) is 0 Å². The first-order chi connectivity index (χ1) is 15.6. The largest absolute Gasteiger partial charge is 0.480 e. The molecule has 4 aliphatic carbocycles. The smallest absolute Gasteiger partial charge is 0.326 e. The molecule has 176 valence electrons. The molecule has 4 nitrogen and oxygen atoms in total. The third-order valence-electron chi connectivity index (χ3n) is 9.21. The zero-order chi connectivity index (χ0) is 23.6. The maximum absolute atomic E-state index is 13.6. The number of fused-ring (bicyclic) bond motifs is 5. The molecule has 0 aliphatic heterocycles. The van der Waals surface area contributed by atoms with Crippen molar-refractivity contribution in [3.8, 4) is 0 Å². The van der Waals surface area contributed by atoms with Crippen molar-refractivity contribution < 1.29 is 18.3 Å². The maximum atomic E-state index is 13.6. The number of aryl methyl sites for hydroxylation is 1. The quantitative estimate of drug-likeness (QED) is 0.550. The van der Waals surface area contributed by atoms with Gasteiger partial charge in [-0.05, 0) is 86.8 Å². The molecule has 5 rings (SSSR count). The molecule has 0 aromatic heterocycles. The Labute approximate surface area is 197 Å². The number of benzene rings is 1. The Kier molecular flexibility index (Phi) is 5.28. The lowest BCUT2D eigenvalue weighted by Crippen LogP contribution is -2.46. The van der Waals surface area contributed by atoms with Crippen LogP contribution in [0.5, 0.6) is 0 Å². The Balaban J connectivity index is 1.54. The number of hydrogen-bond acceptors (Lipinski definition) is 3. The summed E-state index contributed by atoms with van der Waals surface area (Å²) in [7, 11) is -4.05. The molecule has 1 N–H and O–H groups in total. The van der Waals surface area contributed by atoms with E-state index >= 15 is 0 Å². The molecule has 0 spiro atoms. The first kappa shape index (κ1) is 22.6. The first-order valence-electron chi connectivity index (χ1n) is 12.2. The average molecular weight is 467 g/mol. The van der Waals surface area contributed by atoms with E-state index in [1.54, 1.807) is 17.7 Å². The van der Waals surface area contributed by atoms with Gasteiger partial charge in [0, 0.05) is 5.41 Å². The molecule has 0 heterocycles. The Bertz CT molecular complexity index is 1190. The molecule has 1 aromatic carbocycles. The molecule has 0 saturated heterocycles. The fraction of sp³-hybridized carbons (Fsp3) is 0.536. The number of hydrogen-bond donors (Lipinski definition) is 1. The third kappa shape index (κ3) is 3.30. The molecule has 1 fully saturated rings. The minimum Gasteiger partial charge on any atom is -0.480 e. The fourth-order valence-electron chi connectivity index (χ4n) is 7.36. The number of sulfone groups is 1. The van der Waals surface area contributed by atoms with Gasteiger partial charge in [0.25, 0.3) is 0 Å². The minimum absolute atomic E-state index is 0.0858. The van der Waals surface area contributed by atoms with Gasteiger partial charge in [-0.25, -0.2) is 8.42 Å². The molecule has 1 aromatic rings. The van der Waals surface area contributed by atoms with Crippen molar-refractivity contribution in [3.05, 3.63) is 64.8 Å². The summed E-state index contributed by atoms with van der Waals surface area (Å²) in [5, 5.41) is 8.64. The zero-order valence-corrected chi connectivity index (χ0v) is 20.6. The Morgan fingerprint density at radius 2 is 1.85 bits per heavy atom. The van der Waals surface area contributed by atoms with Crippen LogP contribution in [0.15, 0.2) is 64.1 Å². The molecule has 0 amide bonds. The van der Waals surface area contributed by atoms with Crippen LogP contribution < -0.4 is 0 Å². The topological polar surface area (TPSA) is 71.4 Å². The molecule has 5 heteroatoms. The third-order valence-corrected chi connectivity index (χ3v) is 11.2. The molecule has 4 aliphatic rings. The highest BCUT2D eigenvalue weighted by Crippen LogP contribution is 2.64. The van der Waals surface area contributed by atoms with Gasteiger partial charge in [0.15, 0.2) is 15.1 Å². The number of aliphatic carboxylic acids is 1. The summed E-state index contributed by atoms with van der Waals surface area (Å²) >= 11 is 0. The summed E-state index contributed by atoms with van der Waals surface area (Å²) in [5.74, 6) is -0.608. The maximum Gasteiger partial charge on any atom is 0.326 e. The van der Waals surface area contributed by atoms with Gasteiger partial charge in [0.1, 0.15) is 0 Å². The van der Waals surface area contributed by atoms with Gasteiger partial charge in [-0.15, -0.1) is 0 Å². The highest BCUT2D eigenvalue weighted by molar-refractivity contribution is 7.93. The lowest BCUT2D eigenvalue weighted by molar-refractivity contribution is -0.136. The van der Waals surface area contributed by atoms with Crippen LogP contribution >= 0.6 is 0 Å². The van der Waals surface area contributed by atoms with Crippen LogP contribution in [-0.2, 0) is 14.6 Å². The van der Waals surface area contributed by atoms with Crippen LogP contribution in [0.3, 0.4) is 0 Å². The van der Waals surface area contributed by atoms with Gasteiger partial charge >= 0.3 is 5.97 Å². The lowest BCUT2D eigenvalue weighted by atomic mass is 9.51. The van der Waals surface area contributed by atoms with Gasteiger partial charge in [-0.2, -0.15) is 0 Å². The van der Waals surface area contributed by atoms with E-state index in [0.29, 0.717) is 17.9 Å². The molecule has 0 bridgehead atoms. The molecule has 1 saturated carbocycles. The normalized spacial score (nSPS) is 34.2. The second kappa shape index (κ2) is 7.69. The summed E-state index contributed by atoms with van der Waals surface area (Å²) in [4.78, 5) is 12.6. The highest BCUT2D eigenvalue weighted by atomic mass is 32.2. The Morgan fingerprint density at radius 1 is 1.12 bits per heavy atom. The molecular weight excluding hydrogens is 432 g/mol. The Hall–Kier alpha value is -2.14. The van der Waals surface area contributed by atoms with Crippen LogP contribution in [-0.4, -0.2) is 24.7 Å². The highest BCUT2D eigenvalue weighted by Gasteiger charge is 2.56. The number of carboxylic acids is 1. The number of carbonyl (C=O) groups is 1. The molecule has 5 atom stereocenters. The Morgan fingerprint density at radius 3 is 2.55 bits per heavy atom. The summed E-state index contributed by atoms with van der Waals surface area (Å²) < 4.78 is 27.1. The SMILES string of the molecule is Cc1ccc(S(=O)(=O)C(C(=O)O)C2=CC[C@H]3[C@@H]4CCC5=CCCC[C@]5(C)C4=CC[C@]23C)cc1. The van der Waals surface area contributed by atoms with Gasteiger partial charge in [-0.1, -0.05) is 60.9 Å². The van der Waals surface area contributed by atoms with Crippen molar-refractivity contribution in [3.63, 3.8) is 0 Å². The van der Waals surface area contributed by atoms with Crippen LogP contribution in [0, 0.1) is 29.6 Å². The van der Waals surface area contributed by atoms with E-state index in [1.165, 1.54) is 37.0 Å². The summed E-state index contributed by atoms with van der Waals surface area (Å²) in [5.41, 5.74) is 4.33. The van der Waals surface area contributed by atoms with Crippen LogP contribution in [0.4, 0.5) is 0 Å². The van der Waals surface area contributed by atoms with E-state index in [9.17, 15) is 18.3 Å². The summed E-state index contributed by atoms with van der Waals surface area (Å²) in [6.45, 7) is 6.39. The molecule has 1 unspecified atom stereocenters. The average Bonchev–Trinajstić information content (AvgIpc) is 3.10. The van der Waals surface area contributed by atoms with Crippen molar-refractivity contribution in [2.24, 2.45) is 22.7 Å². The van der Waals surface area contributed by atoms with Gasteiger partial charge in [0.2, 0.25) is 0 Å². The standard InChI is InChI=1S/C28H34O4S/c1-18-7-10-20(11-8-18)33(31,32)25(26(29)30)24-14-13-22-21-12-9-19-6-4-5-16-27(19,2)23(21)15-17-28(22,24)3/h6-8,10-11,14-15,21-22,25H,4-5,9,12-13,16-17H2,1-3H3,(H,29,30)/t21-,22-,25?,27-,28-/m0/s1. The van der Waals surface area contributed by atoms with Crippen molar-refractivity contribution in [1.82, 2.24) is 0 Å². The predicted octanol–water partition coefficient (Wildman–Crippen LogP) is 6.03. The number of allylic oxidation sites excluding steroid dienone is 5. The van der Waals surface area contributed by atoms with E-state index < -0.39 is 26.5 Å². The van der Waals surface area contributed by atoms with E-state index in [1.807, 2.05) is 13.0 Å². The van der Waals surface area contributed by atoms with Crippen molar-refractivity contribution in [2.75, 3.05) is 0 Å². The zero-order valence-electron chi connectivity index (χ0n) is 19.8. The van der Waals surface area contributed by atoms with Crippen molar-refractivity contribution >= 4 is 15.8 Å². The van der Waals surface area contributed by atoms with Gasteiger partial charge < -0.3 is 5.11 Å². The van der Waals surface area contributed by atoms with Crippen molar-refractivity contribution in [1.29, 1.82) is 0 Å². The predicted molar refractivity (Wildman–Crippen MR) is 130 cm³/mol. The number of rotatable bonds is 4. The van der Waals surface area contributed by atoms with E-state index in [2.05, 4.69) is 26.0 Å². The van der Waals surface area contributed by atoms with E-state index in [0.717, 1.165) is 24.8 Å². The first-order valence-corrected chi connectivity index (χ1v) is 13.8. The van der Waals surface area contributed by atoms with Crippen LogP contribution in [0.1, 0.15) is 64.4 Å². The fourth-order valence-corrected chi connectivity index (χ4v) is 9.11. The van der Waals surface area contributed by atoms with Gasteiger partial charge in [-0.3, -0.25) is 4.79 Å². The van der Waals surface area contributed by atoms with Crippen molar-refractivity contribution in [2.45, 2.75) is 75.9 Å². The monoisotopic (exact) mass is 466 g/mol. The second-order valence-electron chi connectivity index (χ2n) is 11.0. The van der Waals surface area contributed by atoms with E-state index in [4.69, 9.17) is 0 Å². The number of carboxylic acid groups (broad SMARTS) is 1. The minimum atomic E-state index is -4.05. The summed E-state index contributed by atoms with van der Waals surface area (Å²) in [6.07, 6.45) is 14.0. The second-order valence-corrected chi connectivity index (χ2v) is 13.0. The van der Waals surface area contributed by atoms with Crippen LogP contribution in [0.25, 0.3) is 0 Å². The molecule has 0 radical (unpaired) electrons. The summed E-state index contributed by atoms with van der Waals surface area (Å²) in [6, 6.07) is 6.53.